The van der Waals surface area contributed by atoms with Crippen LogP contribution in [0.1, 0.15) is 52.8 Å². The van der Waals surface area contributed by atoms with Gasteiger partial charge < -0.3 is 28.8 Å². The number of aromatic nitrogens is 1. The number of aliphatic hydroxyl groups is 1. The van der Waals surface area contributed by atoms with Crippen molar-refractivity contribution in [2.45, 2.75) is 33.2 Å². The van der Waals surface area contributed by atoms with E-state index in [9.17, 15) is 19.5 Å². The molecule has 11 nitrogen and oxygen atoms in total. The Kier molecular flexibility index (Phi) is 9.19. The predicted octanol–water partition coefficient (Wildman–Crippen LogP) is 5.38. The van der Waals surface area contributed by atoms with E-state index in [1.807, 2.05) is 13.8 Å². The van der Waals surface area contributed by atoms with Crippen molar-refractivity contribution in [2.24, 2.45) is 0 Å². The van der Waals surface area contributed by atoms with E-state index in [0.29, 0.717) is 60.7 Å². The number of hydrogen-bond donors (Lipinski definition) is 1. The summed E-state index contributed by atoms with van der Waals surface area (Å²) in [5, 5.41) is 11.7. The van der Waals surface area contributed by atoms with E-state index in [1.165, 1.54) is 11.0 Å². The molecule has 2 aliphatic heterocycles. The van der Waals surface area contributed by atoms with Crippen LogP contribution in [0.15, 0.2) is 54.6 Å². The molecular formula is C32H32N2O9S. The Labute approximate surface area is 258 Å². The van der Waals surface area contributed by atoms with Crippen molar-refractivity contribution >= 4 is 39.9 Å². The minimum atomic E-state index is -1.12. The first-order valence-electron chi connectivity index (χ1n) is 14.1. The normalized spacial score (nSPS) is 17.0. The molecular weight excluding hydrogens is 588 g/mol. The highest BCUT2D eigenvalue weighted by Gasteiger charge is 2.49. The maximum Gasteiger partial charge on any atom is 0.350 e. The van der Waals surface area contributed by atoms with Gasteiger partial charge in [0.2, 0.25) is 0 Å². The van der Waals surface area contributed by atoms with E-state index < -0.39 is 29.5 Å². The third-order valence-corrected chi connectivity index (χ3v) is 7.95. The van der Waals surface area contributed by atoms with Crippen LogP contribution in [0.4, 0.5) is 5.13 Å². The molecule has 1 aromatic heterocycles. The number of benzene rings is 2. The molecule has 1 saturated heterocycles. The van der Waals surface area contributed by atoms with Gasteiger partial charge in [0.25, 0.3) is 5.78 Å². The van der Waals surface area contributed by atoms with Gasteiger partial charge in [0, 0.05) is 5.56 Å². The molecule has 1 fully saturated rings. The third-order valence-electron chi connectivity index (χ3n) is 6.81. The number of aliphatic hydroxyl groups excluding tert-OH is 1. The van der Waals surface area contributed by atoms with Gasteiger partial charge in [-0.2, -0.15) is 0 Å². The number of anilines is 1. The number of esters is 1. The Bertz CT molecular complexity index is 1640. The molecule has 44 heavy (non-hydrogen) atoms. The fourth-order valence-electron chi connectivity index (χ4n) is 4.86. The number of ether oxygens (including phenoxy) is 5. The molecule has 0 spiro atoms. The smallest absolute Gasteiger partial charge is 0.350 e. The second-order valence-corrected chi connectivity index (χ2v) is 10.8. The van der Waals surface area contributed by atoms with Gasteiger partial charge in [-0.3, -0.25) is 14.5 Å². The van der Waals surface area contributed by atoms with Gasteiger partial charge in [-0.25, -0.2) is 9.78 Å². The lowest BCUT2D eigenvalue weighted by Gasteiger charge is -2.24. The number of carbonyl (C=O) groups is 3. The number of hydrogen-bond acceptors (Lipinski definition) is 11. The monoisotopic (exact) mass is 620 g/mol. The number of rotatable bonds is 11. The van der Waals surface area contributed by atoms with Crippen molar-refractivity contribution in [3.05, 3.63) is 76.3 Å². The quantitative estimate of drug-likeness (QED) is 0.0979. The average Bonchev–Trinajstić information content (AvgIpc) is 3.54. The average molecular weight is 621 g/mol. The first-order chi connectivity index (χ1) is 21.3. The summed E-state index contributed by atoms with van der Waals surface area (Å²) in [5.74, 6) is -1.06. The number of ketones is 1. The molecule has 0 bridgehead atoms. The number of aryl methyl sites for hydroxylation is 1. The van der Waals surface area contributed by atoms with Crippen LogP contribution in [0, 0.1) is 6.92 Å². The second kappa shape index (κ2) is 13.2. The Balaban J connectivity index is 1.67. The SMILES string of the molecule is C=CCOC(=O)c1sc(N2C(=O)C(=O)/C(=C(\O)c3ccc4c(c3)OCCO4)C2c2ccc(OCCC)c(OCC)c2)nc1C. The first kappa shape index (κ1) is 30.6. The van der Waals surface area contributed by atoms with Crippen molar-refractivity contribution in [3.8, 4) is 23.0 Å². The van der Waals surface area contributed by atoms with Gasteiger partial charge >= 0.3 is 11.9 Å². The lowest BCUT2D eigenvalue weighted by Crippen LogP contribution is -2.29. The Morgan fingerprint density at radius 3 is 2.61 bits per heavy atom. The lowest BCUT2D eigenvalue weighted by molar-refractivity contribution is -0.132. The van der Waals surface area contributed by atoms with Crippen molar-refractivity contribution in [1.82, 2.24) is 4.98 Å². The minimum Gasteiger partial charge on any atom is -0.507 e. The molecule has 0 saturated carbocycles. The summed E-state index contributed by atoms with van der Waals surface area (Å²) in [6.07, 6.45) is 2.22. The van der Waals surface area contributed by atoms with Gasteiger partial charge in [-0.05, 0) is 56.2 Å². The number of amides is 1. The zero-order valence-electron chi connectivity index (χ0n) is 24.6. The van der Waals surface area contributed by atoms with E-state index in [1.54, 1.807) is 43.3 Å². The molecule has 12 heteroatoms. The van der Waals surface area contributed by atoms with Crippen molar-refractivity contribution in [3.63, 3.8) is 0 Å². The largest absolute Gasteiger partial charge is 0.507 e. The fraction of sp³-hybridized carbons (Fsp3) is 0.312. The molecule has 2 aliphatic rings. The molecule has 2 aromatic carbocycles. The van der Waals surface area contributed by atoms with Crippen LogP contribution < -0.4 is 23.8 Å². The van der Waals surface area contributed by atoms with Gasteiger partial charge in [0.05, 0.1) is 30.5 Å². The van der Waals surface area contributed by atoms with Gasteiger partial charge in [0.1, 0.15) is 30.5 Å². The fourth-order valence-corrected chi connectivity index (χ4v) is 5.85. The highest BCUT2D eigenvalue weighted by Crippen LogP contribution is 2.46. The molecule has 3 aromatic rings. The molecule has 230 valence electrons. The highest BCUT2D eigenvalue weighted by molar-refractivity contribution is 7.17. The summed E-state index contributed by atoms with van der Waals surface area (Å²) in [7, 11) is 0. The number of fused-ring (bicyclic) bond motifs is 1. The summed E-state index contributed by atoms with van der Waals surface area (Å²) < 4.78 is 28.2. The predicted molar refractivity (Wildman–Crippen MR) is 163 cm³/mol. The van der Waals surface area contributed by atoms with Crippen molar-refractivity contribution in [2.75, 3.05) is 37.9 Å². The van der Waals surface area contributed by atoms with Gasteiger partial charge in [0.15, 0.2) is 28.1 Å². The summed E-state index contributed by atoms with van der Waals surface area (Å²) in [6.45, 7) is 10.5. The molecule has 0 aliphatic carbocycles. The Morgan fingerprint density at radius 1 is 1.11 bits per heavy atom. The summed E-state index contributed by atoms with van der Waals surface area (Å²) in [6, 6.07) is 8.73. The lowest BCUT2D eigenvalue weighted by atomic mass is 9.95. The highest BCUT2D eigenvalue weighted by atomic mass is 32.1. The molecule has 1 unspecified atom stereocenters. The van der Waals surface area contributed by atoms with E-state index in [0.717, 1.165) is 17.8 Å². The number of carbonyl (C=O) groups excluding carboxylic acids is 3. The van der Waals surface area contributed by atoms with Crippen LogP contribution in [-0.4, -0.2) is 60.8 Å². The van der Waals surface area contributed by atoms with Crippen molar-refractivity contribution < 1.29 is 43.2 Å². The van der Waals surface area contributed by atoms with E-state index in [2.05, 4.69) is 11.6 Å². The van der Waals surface area contributed by atoms with E-state index >= 15 is 0 Å². The molecule has 3 heterocycles. The summed E-state index contributed by atoms with van der Waals surface area (Å²) >= 11 is 0.913. The number of Topliss-reactive ketones (excluding diaryl/α,β-unsaturated/α-hetero) is 1. The summed E-state index contributed by atoms with van der Waals surface area (Å²) in [5.41, 5.74) is 0.873. The van der Waals surface area contributed by atoms with Crippen LogP contribution in [0.5, 0.6) is 23.0 Å². The zero-order chi connectivity index (χ0) is 31.4. The van der Waals surface area contributed by atoms with E-state index in [-0.39, 0.29) is 27.8 Å². The van der Waals surface area contributed by atoms with Gasteiger partial charge in [-0.1, -0.05) is 37.0 Å². The van der Waals surface area contributed by atoms with Gasteiger partial charge in [-0.15, -0.1) is 0 Å². The molecule has 5 rings (SSSR count). The van der Waals surface area contributed by atoms with Crippen LogP contribution in [-0.2, 0) is 14.3 Å². The van der Waals surface area contributed by atoms with Crippen molar-refractivity contribution in [1.29, 1.82) is 0 Å². The Morgan fingerprint density at radius 2 is 1.89 bits per heavy atom. The third kappa shape index (κ3) is 5.85. The molecule has 0 radical (unpaired) electrons. The topological polar surface area (TPSA) is 134 Å². The minimum absolute atomic E-state index is 0.00178. The van der Waals surface area contributed by atoms with Crippen LogP contribution in [0.25, 0.3) is 5.76 Å². The van der Waals surface area contributed by atoms with Crippen LogP contribution in [0.2, 0.25) is 0 Å². The molecule has 1 N–H and O–H groups in total. The first-order valence-corrected chi connectivity index (χ1v) is 15.0. The number of thiazole rings is 1. The maximum atomic E-state index is 13.7. The molecule has 1 atom stereocenters. The standard InChI is InChI=1S/C32H32N2O9S/c1-5-12-40-21-10-8-19(16-23(21)39-7-3)26-25(27(35)20-9-11-22-24(17-20)42-15-14-41-22)28(36)30(37)34(26)32-33-18(4)29(44-32)31(38)43-13-6-2/h6,8-11,16-17,26,35H,2,5,7,12-15H2,1,3-4H3/b27-25-. The van der Waals surface area contributed by atoms with E-state index in [4.69, 9.17) is 23.7 Å². The van der Waals surface area contributed by atoms with Crippen LogP contribution >= 0.6 is 11.3 Å². The Hall–Kier alpha value is -4.84. The second-order valence-electron chi connectivity index (χ2n) is 9.81. The summed E-state index contributed by atoms with van der Waals surface area (Å²) in [4.78, 5) is 46.0. The molecule has 1 amide bonds. The number of nitrogens with zero attached hydrogens (tertiary/aromatic N) is 2. The maximum absolute atomic E-state index is 13.7. The van der Waals surface area contributed by atoms with Crippen LogP contribution in [0.3, 0.4) is 0 Å². The zero-order valence-corrected chi connectivity index (χ0v) is 25.4.